The minimum atomic E-state index is -0.228. The third-order valence-corrected chi connectivity index (χ3v) is 2.94. The molecule has 0 spiro atoms. The van der Waals surface area contributed by atoms with E-state index in [4.69, 9.17) is 0 Å². The highest BCUT2D eigenvalue weighted by atomic mass is 16.1. The highest BCUT2D eigenvalue weighted by molar-refractivity contribution is 6.00. The van der Waals surface area contributed by atoms with Crippen LogP contribution in [0.3, 0.4) is 0 Å². The van der Waals surface area contributed by atoms with Crippen LogP contribution in [0.25, 0.3) is 0 Å². The second kappa shape index (κ2) is 5.61. The number of likely N-dealkylation sites (N-methyl/N-ethyl adjacent to an activating group) is 1. The lowest BCUT2D eigenvalue weighted by molar-refractivity contribution is 0.0875. The van der Waals surface area contributed by atoms with E-state index in [1.165, 1.54) is 0 Å². The van der Waals surface area contributed by atoms with Gasteiger partial charge >= 0.3 is 0 Å². The monoisotopic (exact) mass is 239 g/mol. The van der Waals surface area contributed by atoms with Gasteiger partial charge in [0, 0.05) is 5.56 Å². The minimum Gasteiger partial charge on any atom is -0.296 e. The average Bonchev–Trinajstić information content (AvgIpc) is 2.40. The lowest BCUT2D eigenvalue weighted by Gasteiger charge is -2.23. The van der Waals surface area contributed by atoms with Gasteiger partial charge in [-0.25, -0.2) is 0 Å². The first-order chi connectivity index (χ1) is 8.70. The number of carbonyl (C=O) groups is 1. The zero-order valence-electron chi connectivity index (χ0n) is 10.7. The molecule has 2 rings (SSSR count). The van der Waals surface area contributed by atoms with E-state index in [1.54, 1.807) is 0 Å². The molecular weight excluding hydrogens is 222 g/mol. The van der Waals surface area contributed by atoms with Gasteiger partial charge in [-0.15, -0.1) is 0 Å². The summed E-state index contributed by atoms with van der Waals surface area (Å²) in [6.45, 7) is 0. The molecule has 0 N–H and O–H groups in total. The zero-order chi connectivity index (χ0) is 13.0. The van der Waals surface area contributed by atoms with Crippen LogP contribution in [-0.2, 0) is 0 Å². The highest BCUT2D eigenvalue weighted by Crippen LogP contribution is 2.22. The van der Waals surface area contributed by atoms with Crippen LogP contribution in [0.15, 0.2) is 60.7 Å². The normalized spacial score (nSPS) is 12.4. The fourth-order valence-electron chi connectivity index (χ4n) is 2.08. The molecule has 18 heavy (non-hydrogen) atoms. The number of rotatable bonds is 4. The zero-order valence-corrected chi connectivity index (χ0v) is 10.7. The first-order valence-electron chi connectivity index (χ1n) is 6.01. The topological polar surface area (TPSA) is 20.3 Å². The maximum Gasteiger partial charge on any atom is 0.184 e. The van der Waals surface area contributed by atoms with Crippen LogP contribution in [0.5, 0.6) is 0 Å². The van der Waals surface area contributed by atoms with Gasteiger partial charge in [-0.1, -0.05) is 60.7 Å². The number of nitrogens with zero attached hydrogens (tertiary/aromatic N) is 1. The molecule has 2 aromatic rings. The molecule has 2 aromatic carbocycles. The summed E-state index contributed by atoms with van der Waals surface area (Å²) in [5.74, 6) is 0.131. The number of hydrogen-bond acceptors (Lipinski definition) is 2. The summed E-state index contributed by atoms with van der Waals surface area (Å²) in [6, 6.07) is 19.1. The van der Waals surface area contributed by atoms with E-state index >= 15 is 0 Å². The van der Waals surface area contributed by atoms with Crippen LogP contribution in [0.1, 0.15) is 22.0 Å². The summed E-state index contributed by atoms with van der Waals surface area (Å²) < 4.78 is 0. The predicted octanol–water partition coefficient (Wildman–Crippen LogP) is 3.17. The summed E-state index contributed by atoms with van der Waals surface area (Å²) in [5, 5.41) is 0. The van der Waals surface area contributed by atoms with Crippen LogP contribution < -0.4 is 0 Å². The number of hydrogen-bond donors (Lipinski definition) is 0. The van der Waals surface area contributed by atoms with Crippen LogP contribution in [0, 0.1) is 0 Å². The summed E-state index contributed by atoms with van der Waals surface area (Å²) in [4.78, 5) is 14.5. The number of carbonyl (C=O) groups excluding carboxylic acids is 1. The Morgan fingerprint density at radius 1 is 0.889 bits per heavy atom. The highest BCUT2D eigenvalue weighted by Gasteiger charge is 2.23. The SMILES string of the molecule is CN(C)C(C(=O)c1ccccc1)c1ccccc1. The molecule has 2 heteroatoms. The van der Waals surface area contributed by atoms with Crippen LogP contribution in [0.2, 0.25) is 0 Å². The molecule has 0 saturated heterocycles. The van der Waals surface area contributed by atoms with Gasteiger partial charge in [0.2, 0.25) is 0 Å². The quantitative estimate of drug-likeness (QED) is 0.764. The molecule has 2 nitrogen and oxygen atoms in total. The smallest absolute Gasteiger partial charge is 0.184 e. The Balaban J connectivity index is 2.35. The van der Waals surface area contributed by atoms with Gasteiger partial charge in [-0.05, 0) is 19.7 Å². The van der Waals surface area contributed by atoms with Crippen LogP contribution >= 0.6 is 0 Å². The molecule has 0 bridgehead atoms. The minimum absolute atomic E-state index is 0.131. The molecule has 0 radical (unpaired) electrons. The Bertz CT molecular complexity index is 505. The summed E-state index contributed by atoms with van der Waals surface area (Å²) in [5.41, 5.74) is 1.77. The van der Waals surface area contributed by atoms with Crippen molar-refractivity contribution in [3.8, 4) is 0 Å². The second-order valence-electron chi connectivity index (χ2n) is 4.51. The van der Waals surface area contributed by atoms with Crippen LogP contribution in [-0.4, -0.2) is 24.8 Å². The molecule has 1 atom stereocenters. The Morgan fingerprint density at radius 2 is 1.39 bits per heavy atom. The molecule has 0 saturated carbocycles. The van der Waals surface area contributed by atoms with Crippen molar-refractivity contribution in [3.05, 3.63) is 71.8 Å². The molecule has 92 valence electrons. The van der Waals surface area contributed by atoms with Gasteiger partial charge < -0.3 is 0 Å². The molecule has 0 aromatic heterocycles. The van der Waals surface area contributed by atoms with Gasteiger partial charge in [0.05, 0.1) is 6.04 Å². The fourth-order valence-corrected chi connectivity index (χ4v) is 2.08. The fraction of sp³-hybridized carbons (Fsp3) is 0.188. The summed E-state index contributed by atoms with van der Waals surface area (Å²) in [6.07, 6.45) is 0. The maximum absolute atomic E-state index is 12.5. The predicted molar refractivity (Wildman–Crippen MR) is 73.6 cm³/mol. The van der Waals surface area contributed by atoms with Crippen molar-refractivity contribution >= 4 is 5.78 Å². The van der Waals surface area contributed by atoms with Gasteiger partial charge in [0.15, 0.2) is 5.78 Å². The molecule has 0 amide bonds. The summed E-state index contributed by atoms with van der Waals surface area (Å²) in [7, 11) is 3.86. The molecular formula is C16H17NO. The Morgan fingerprint density at radius 3 is 1.89 bits per heavy atom. The van der Waals surface area contributed by atoms with E-state index in [2.05, 4.69) is 0 Å². The van der Waals surface area contributed by atoms with E-state index in [-0.39, 0.29) is 11.8 Å². The van der Waals surface area contributed by atoms with Gasteiger partial charge in [-0.3, -0.25) is 9.69 Å². The van der Waals surface area contributed by atoms with Gasteiger partial charge in [-0.2, -0.15) is 0 Å². The van der Waals surface area contributed by atoms with Gasteiger partial charge in [0.25, 0.3) is 0 Å². The Hall–Kier alpha value is -1.93. The second-order valence-corrected chi connectivity index (χ2v) is 4.51. The van der Waals surface area contributed by atoms with E-state index in [0.29, 0.717) is 0 Å². The van der Waals surface area contributed by atoms with Crippen molar-refractivity contribution in [1.82, 2.24) is 4.90 Å². The third-order valence-electron chi connectivity index (χ3n) is 2.94. The molecule has 0 heterocycles. The third kappa shape index (κ3) is 2.66. The first-order valence-corrected chi connectivity index (χ1v) is 6.01. The van der Waals surface area contributed by atoms with Crippen molar-refractivity contribution in [3.63, 3.8) is 0 Å². The van der Waals surface area contributed by atoms with E-state index < -0.39 is 0 Å². The maximum atomic E-state index is 12.5. The van der Waals surface area contributed by atoms with Crippen molar-refractivity contribution in [2.24, 2.45) is 0 Å². The van der Waals surface area contributed by atoms with Crippen molar-refractivity contribution in [2.45, 2.75) is 6.04 Å². The molecule has 0 fully saturated rings. The van der Waals surface area contributed by atoms with E-state index in [1.807, 2.05) is 79.7 Å². The van der Waals surface area contributed by atoms with Crippen molar-refractivity contribution in [2.75, 3.05) is 14.1 Å². The molecule has 0 aliphatic carbocycles. The lowest BCUT2D eigenvalue weighted by atomic mass is 9.97. The molecule has 0 aliphatic rings. The number of Topliss-reactive ketones (excluding diaryl/α,β-unsaturated/α-hetero) is 1. The van der Waals surface area contributed by atoms with Crippen molar-refractivity contribution in [1.29, 1.82) is 0 Å². The first kappa shape index (κ1) is 12.5. The number of benzene rings is 2. The molecule has 1 unspecified atom stereocenters. The van der Waals surface area contributed by atoms with Crippen LogP contribution in [0.4, 0.5) is 0 Å². The average molecular weight is 239 g/mol. The molecule has 0 aliphatic heterocycles. The van der Waals surface area contributed by atoms with E-state index in [9.17, 15) is 4.79 Å². The Labute approximate surface area is 108 Å². The summed E-state index contributed by atoms with van der Waals surface area (Å²) >= 11 is 0. The lowest BCUT2D eigenvalue weighted by Crippen LogP contribution is -2.27. The Kier molecular flexibility index (Phi) is 3.90. The largest absolute Gasteiger partial charge is 0.296 e. The van der Waals surface area contributed by atoms with E-state index in [0.717, 1.165) is 11.1 Å². The number of ketones is 1. The van der Waals surface area contributed by atoms with Crippen molar-refractivity contribution < 1.29 is 4.79 Å². The standard InChI is InChI=1S/C16H17NO/c1-17(2)15(13-9-5-3-6-10-13)16(18)14-11-7-4-8-12-14/h3-12,15H,1-2H3. The van der Waals surface area contributed by atoms with Gasteiger partial charge in [0.1, 0.15) is 0 Å².